The molecule has 0 saturated carbocycles. The van der Waals surface area contributed by atoms with Crippen LogP contribution in [-0.4, -0.2) is 4.57 Å². The lowest BCUT2D eigenvalue weighted by Gasteiger charge is -2.33. The van der Waals surface area contributed by atoms with Crippen LogP contribution in [0.1, 0.15) is 11.1 Å². The molecule has 10 aromatic rings. The van der Waals surface area contributed by atoms with Gasteiger partial charge in [-0.25, -0.2) is 0 Å². The van der Waals surface area contributed by atoms with Gasteiger partial charge in [-0.3, -0.25) is 0 Å². The van der Waals surface area contributed by atoms with Gasteiger partial charge in [0, 0.05) is 51.3 Å². The fourth-order valence-corrected chi connectivity index (χ4v) is 8.88. The molecule has 0 N–H and O–H groups in total. The van der Waals surface area contributed by atoms with Crippen LogP contribution in [-0.2, 0) is 6.42 Å². The minimum atomic E-state index is 0.940. The molecule has 3 nitrogen and oxygen atoms in total. The number of hydrogen-bond acceptors (Lipinski definition) is 2. The van der Waals surface area contributed by atoms with Crippen molar-refractivity contribution in [1.29, 1.82) is 0 Å². The van der Waals surface area contributed by atoms with Crippen molar-refractivity contribution in [3.63, 3.8) is 0 Å². The summed E-state index contributed by atoms with van der Waals surface area (Å²) in [6.07, 6.45) is 0.940. The average molecular weight is 742 g/mol. The van der Waals surface area contributed by atoms with Crippen molar-refractivity contribution < 1.29 is 0 Å². The van der Waals surface area contributed by atoms with Crippen molar-refractivity contribution in [3.05, 3.63) is 236 Å². The molecule has 1 aliphatic rings. The molecule has 0 radical (unpaired) electrons. The number of benzene rings is 9. The Morgan fingerprint density at radius 1 is 0.345 bits per heavy atom. The molecule has 1 aromatic heterocycles. The zero-order chi connectivity index (χ0) is 38.4. The second-order valence-electron chi connectivity index (χ2n) is 15.0. The van der Waals surface area contributed by atoms with Gasteiger partial charge in [0.05, 0.1) is 16.7 Å². The maximum absolute atomic E-state index is 2.42. The van der Waals surface area contributed by atoms with Crippen molar-refractivity contribution in [2.45, 2.75) is 6.42 Å². The van der Waals surface area contributed by atoms with Crippen LogP contribution in [0.3, 0.4) is 0 Å². The molecular weight excluding hydrogens is 703 g/mol. The van der Waals surface area contributed by atoms with E-state index in [1.807, 2.05) is 0 Å². The van der Waals surface area contributed by atoms with Gasteiger partial charge in [0.15, 0.2) is 0 Å². The SMILES string of the molecule is c1ccc(-c2ccc(N(c3ccc(-c4ccccc4)cc3)c3cccc4c3c3ccccc3n4-c3ccc(N4c5ccccc5Cc5ccccc54)cc3)cc2)cc1. The molecular formula is C55H39N3. The van der Waals surface area contributed by atoms with E-state index < -0.39 is 0 Å². The Labute approximate surface area is 338 Å². The van der Waals surface area contributed by atoms with E-state index in [2.05, 4.69) is 239 Å². The minimum Gasteiger partial charge on any atom is -0.310 e. The summed E-state index contributed by atoms with van der Waals surface area (Å²) >= 11 is 0. The van der Waals surface area contributed by atoms with E-state index in [-0.39, 0.29) is 0 Å². The predicted molar refractivity (Wildman–Crippen MR) is 244 cm³/mol. The minimum absolute atomic E-state index is 0.940. The molecule has 0 amide bonds. The zero-order valence-corrected chi connectivity index (χ0v) is 31.9. The molecule has 11 rings (SSSR count). The van der Waals surface area contributed by atoms with Crippen molar-refractivity contribution >= 4 is 55.9 Å². The van der Waals surface area contributed by atoms with Crippen LogP contribution in [0.15, 0.2) is 224 Å². The molecule has 0 spiro atoms. The number of aromatic nitrogens is 1. The maximum Gasteiger partial charge on any atom is 0.0562 e. The molecule has 0 saturated heterocycles. The summed E-state index contributed by atoms with van der Waals surface area (Å²) in [5, 5.41) is 2.42. The van der Waals surface area contributed by atoms with Crippen LogP contribution >= 0.6 is 0 Å². The first kappa shape index (κ1) is 33.7. The van der Waals surface area contributed by atoms with Gasteiger partial charge >= 0.3 is 0 Å². The molecule has 1 aliphatic heterocycles. The quantitative estimate of drug-likeness (QED) is 0.161. The second-order valence-corrected chi connectivity index (χ2v) is 15.0. The van der Waals surface area contributed by atoms with E-state index in [1.54, 1.807) is 0 Å². The molecule has 0 unspecified atom stereocenters. The van der Waals surface area contributed by atoms with Gasteiger partial charge in [-0.15, -0.1) is 0 Å². The lowest BCUT2D eigenvalue weighted by atomic mass is 9.95. The van der Waals surface area contributed by atoms with Crippen LogP contribution < -0.4 is 9.80 Å². The van der Waals surface area contributed by atoms with Gasteiger partial charge in [-0.1, -0.05) is 146 Å². The van der Waals surface area contributed by atoms with E-state index in [1.165, 1.54) is 61.0 Å². The summed E-state index contributed by atoms with van der Waals surface area (Å²) in [6.45, 7) is 0. The zero-order valence-electron chi connectivity index (χ0n) is 31.9. The smallest absolute Gasteiger partial charge is 0.0562 e. The Kier molecular flexibility index (Phi) is 8.22. The standard InChI is InChI=1S/C55H39N3/c1-3-14-39(15-4-1)41-26-30-45(31-27-41)56(46-32-28-42(29-33-46)40-16-5-2-6-17-40)53-24-13-25-54-55(53)49-20-9-12-23-52(49)58(54)48-36-34-47(35-37-48)57-50-21-10-7-18-43(50)38-44-19-8-11-22-51(44)57/h1-37H,38H2. The molecule has 0 atom stereocenters. The number of fused-ring (bicyclic) bond motifs is 5. The lowest BCUT2D eigenvalue weighted by Crippen LogP contribution is -2.18. The van der Waals surface area contributed by atoms with Crippen LogP contribution in [0.4, 0.5) is 34.1 Å². The molecule has 0 aliphatic carbocycles. The molecule has 9 aromatic carbocycles. The summed E-state index contributed by atoms with van der Waals surface area (Å²) in [6, 6.07) is 81.3. The first-order chi connectivity index (χ1) is 28.8. The number of rotatable bonds is 7. The Morgan fingerprint density at radius 2 is 0.810 bits per heavy atom. The van der Waals surface area contributed by atoms with Gasteiger partial charge in [-0.05, 0) is 112 Å². The van der Waals surface area contributed by atoms with E-state index in [0.717, 1.165) is 40.4 Å². The van der Waals surface area contributed by atoms with Gasteiger partial charge in [-0.2, -0.15) is 0 Å². The molecule has 0 bridgehead atoms. The molecule has 2 heterocycles. The molecule has 3 heteroatoms. The fourth-order valence-electron chi connectivity index (χ4n) is 8.88. The van der Waals surface area contributed by atoms with Gasteiger partial charge in [0.1, 0.15) is 0 Å². The van der Waals surface area contributed by atoms with Crippen molar-refractivity contribution in [2.75, 3.05) is 9.80 Å². The van der Waals surface area contributed by atoms with Crippen molar-refractivity contribution in [1.82, 2.24) is 4.57 Å². The van der Waals surface area contributed by atoms with Crippen molar-refractivity contribution in [3.8, 4) is 27.9 Å². The highest BCUT2D eigenvalue weighted by atomic mass is 15.2. The normalized spacial score (nSPS) is 12.0. The van der Waals surface area contributed by atoms with Crippen LogP contribution in [0, 0.1) is 0 Å². The number of hydrogen-bond donors (Lipinski definition) is 0. The first-order valence-corrected chi connectivity index (χ1v) is 20.0. The summed E-state index contributed by atoms with van der Waals surface area (Å²) < 4.78 is 2.42. The Hall–Kier alpha value is -7.62. The summed E-state index contributed by atoms with van der Waals surface area (Å²) in [5.74, 6) is 0. The molecule has 58 heavy (non-hydrogen) atoms. The van der Waals surface area contributed by atoms with E-state index in [4.69, 9.17) is 0 Å². The fraction of sp³-hybridized carbons (Fsp3) is 0.0182. The summed E-state index contributed by atoms with van der Waals surface area (Å²) in [5.41, 5.74) is 17.9. The summed E-state index contributed by atoms with van der Waals surface area (Å²) in [7, 11) is 0. The van der Waals surface area contributed by atoms with Gasteiger partial charge < -0.3 is 14.4 Å². The summed E-state index contributed by atoms with van der Waals surface area (Å²) in [4.78, 5) is 4.82. The van der Waals surface area contributed by atoms with E-state index >= 15 is 0 Å². The highest BCUT2D eigenvalue weighted by Crippen LogP contribution is 2.46. The lowest BCUT2D eigenvalue weighted by molar-refractivity contribution is 1.08. The van der Waals surface area contributed by atoms with Gasteiger partial charge in [0.25, 0.3) is 0 Å². The van der Waals surface area contributed by atoms with Crippen LogP contribution in [0.2, 0.25) is 0 Å². The topological polar surface area (TPSA) is 11.4 Å². The Morgan fingerprint density at radius 3 is 1.40 bits per heavy atom. The Balaban J connectivity index is 1.06. The number of anilines is 6. The van der Waals surface area contributed by atoms with E-state index in [9.17, 15) is 0 Å². The third kappa shape index (κ3) is 5.75. The van der Waals surface area contributed by atoms with Gasteiger partial charge in [0.2, 0.25) is 0 Å². The predicted octanol–water partition coefficient (Wildman–Crippen LogP) is 15.0. The number of nitrogens with zero attached hydrogens (tertiary/aromatic N) is 3. The van der Waals surface area contributed by atoms with Crippen LogP contribution in [0.25, 0.3) is 49.7 Å². The maximum atomic E-state index is 2.42. The largest absolute Gasteiger partial charge is 0.310 e. The number of para-hydroxylation sites is 3. The Bertz CT molecular complexity index is 2930. The molecule has 274 valence electrons. The second kappa shape index (κ2) is 14.1. The monoisotopic (exact) mass is 741 g/mol. The highest BCUT2D eigenvalue weighted by molar-refractivity contribution is 6.16. The van der Waals surface area contributed by atoms with E-state index in [0.29, 0.717) is 0 Å². The average Bonchev–Trinajstić information content (AvgIpc) is 3.64. The third-order valence-electron chi connectivity index (χ3n) is 11.6. The van der Waals surface area contributed by atoms with Crippen LogP contribution in [0.5, 0.6) is 0 Å². The highest BCUT2D eigenvalue weighted by Gasteiger charge is 2.25. The van der Waals surface area contributed by atoms with Crippen molar-refractivity contribution in [2.24, 2.45) is 0 Å². The molecule has 0 fully saturated rings. The third-order valence-corrected chi connectivity index (χ3v) is 11.6. The first-order valence-electron chi connectivity index (χ1n) is 20.0.